The summed E-state index contributed by atoms with van der Waals surface area (Å²) in [6, 6.07) is 12.9. The van der Waals surface area contributed by atoms with E-state index in [-0.39, 0.29) is 17.2 Å². The fourth-order valence-electron chi connectivity index (χ4n) is 2.27. The van der Waals surface area contributed by atoms with Crippen molar-refractivity contribution in [2.75, 3.05) is 0 Å². The Labute approximate surface area is 143 Å². The van der Waals surface area contributed by atoms with Gasteiger partial charge in [-0.1, -0.05) is 24.3 Å². The second-order valence-electron chi connectivity index (χ2n) is 4.93. The van der Waals surface area contributed by atoms with E-state index in [1.54, 1.807) is 28.9 Å². The molecule has 0 saturated carbocycles. The lowest BCUT2D eigenvalue weighted by atomic mass is 10.0. The highest BCUT2D eigenvalue weighted by Gasteiger charge is 2.16. The summed E-state index contributed by atoms with van der Waals surface area (Å²) < 4.78 is 28.8. The highest BCUT2D eigenvalue weighted by Crippen LogP contribution is 2.25. The van der Waals surface area contributed by atoms with Gasteiger partial charge in [-0.2, -0.15) is 5.10 Å². The van der Waals surface area contributed by atoms with Crippen LogP contribution in [0.4, 0.5) is 8.78 Å². The van der Waals surface area contributed by atoms with Crippen molar-refractivity contribution in [3.05, 3.63) is 82.4 Å². The minimum absolute atomic E-state index is 0.0484. The van der Waals surface area contributed by atoms with Gasteiger partial charge in [0.2, 0.25) is 0 Å². The van der Waals surface area contributed by atoms with Crippen LogP contribution in [0.2, 0.25) is 0 Å². The van der Waals surface area contributed by atoms with Crippen molar-refractivity contribution in [1.29, 1.82) is 0 Å². The van der Waals surface area contributed by atoms with Crippen molar-refractivity contribution < 1.29 is 8.78 Å². The van der Waals surface area contributed by atoms with Crippen molar-refractivity contribution >= 4 is 25.4 Å². The third-order valence-electron chi connectivity index (χ3n) is 3.42. The molecule has 0 aliphatic heterocycles. The molecule has 23 heavy (non-hydrogen) atoms. The van der Waals surface area contributed by atoms with E-state index in [1.807, 2.05) is 0 Å². The summed E-state index contributed by atoms with van der Waals surface area (Å²) in [6.45, 7) is 0. The molecule has 3 aromatic rings. The van der Waals surface area contributed by atoms with Crippen LogP contribution in [0.5, 0.6) is 0 Å². The fourth-order valence-corrected chi connectivity index (χ4v) is 4.26. The van der Waals surface area contributed by atoms with Crippen LogP contribution in [-0.2, 0) is 6.17 Å². The van der Waals surface area contributed by atoms with Gasteiger partial charge in [0.05, 0.1) is 9.52 Å². The zero-order valence-corrected chi connectivity index (χ0v) is 14.5. The van der Waals surface area contributed by atoms with E-state index in [9.17, 15) is 8.78 Å². The molecule has 0 N–H and O–H groups in total. The second-order valence-corrected chi connectivity index (χ2v) is 6.94. The molecule has 2 radical (unpaired) electrons. The Morgan fingerprint density at radius 2 is 1.48 bits per heavy atom. The smallest absolute Gasteiger partial charge is 0.194 e. The van der Waals surface area contributed by atoms with Crippen molar-refractivity contribution in [1.82, 2.24) is 14.8 Å². The largest absolute Gasteiger partial charge is 0.244 e. The van der Waals surface area contributed by atoms with Crippen LogP contribution in [0.25, 0.3) is 0 Å². The third-order valence-corrected chi connectivity index (χ3v) is 5.59. The topological polar surface area (TPSA) is 30.7 Å². The van der Waals surface area contributed by atoms with Gasteiger partial charge in [0.25, 0.3) is 0 Å². The number of halogens is 3. The molecule has 1 heterocycles. The molecule has 116 valence electrons. The third kappa shape index (κ3) is 3.91. The Balaban J connectivity index is 1.88. The van der Waals surface area contributed by atoms with Crippen LogP contribution in [0, 0.1) is 11.6 Å². The van der Waals surface area contributed by atoms with E-state index in [0.717, 1.165) is 11.1 Å². The number of aromatic nitrogens is 3. The van der Waals surface area contributed by atoms with Gasteiger partial charge in [0.1, 0.15) is 18.0 Å². The minimum Gasteiger partial charge on any atom is -0.244 e. The number of benzene rings is 2. The van der Waals surface area contributed by atoms with Crippen molar-refractivity contribution in [2.45, 2.75) is 11.7 Å². The summed E-state index contributed by atoms with van der Waals surface area (Å²) in [6.07, 6.45) is 2.15. The van der Waals surface area contributed by atoms with E-state index < -0.39 is 0 Å². The molecule has 0 aliphatic rings. The summed E-state index contributed by atoms with van der Waals surface area (Å²) >= 11 is 3.34. The second kappa shape index (κ2) is 7.14. The van der Waals surface area contributed by atoms with Crippen molar-refractivity contribution in [3.63, 3.8) is 0 Å². The Hall–Kier alpha value is -1.86. The number of nitrogens with zero attached hydrogens (tertiary/aromatic N) is 3. The van der Waals surface area contributed by atoms with Gasteiger partial charge in [-0.3, -0.25) is 0 Å². The summed E-state index contributed by atoms with van der Waals surface area (Å²) in [5, 5.41) is 4.15. The summed E-state index contributed by atoms with van der Waals surface area (Å²) in [5.74, 6) is -0.539. The summed E-state index contributed by atoms with van der Waals surface area (Å²) in [5.41, 5.74) is 2.03. The number of hydrogen-bond donors (Lipinski definition) is 0. The zero-order valence-electron chi connectivity index (χ0n) is 12.0. The molecule has 0 amide bonds. The maximum Gasteiger partial charge on any atom is 0.194 e. The summed E-state index contributed by atoms with van der Waals surface area (Å²) in [7, 11) is 0.448. The SMILES string of the molecule is Fc1ccc(C([Si]Cn2ncnc2Br)c2ccc(F)cc2)cc1. The van der Waals surface area contributed by atoms with Gasteiger partial charge in [0.15, 0.2) is 4.73 Å². The number of rotatable bonds is 5. The average molecular weight is 392 g/mol. The molecule has 0 aliphatic carbocycles. The maximum atomic E-state index is 13.2. The molecule has 0 unspecified atom stereocenters. The first-order chi connectivity index (χ1) is 11.1. The van der Waals surface area contributed by atoms with E-state index in [2.05, 4.69) is 26.0 Å². The first-order valence-corrected chi connectivity index (χ1v) is 8.99. The zero-order chi connectivity index (χ0) is 16.2. The van der Waals surface area contributed by atoms with Crippen molar-refractivity contribution in [3.8, 4) is 0 Å². The van der Waals surface area contributed by atoms with E-state index >= 15 is 0 Å². The Morgan fingerprint density at radius 1 is 0.957 bits per heavy atom. The molecule has 7 heteroatoms. The molecule has 0 bridgehead atoms. The Morgan fingerprint density at radius 3 is 1.91 bits per heavy atom. The molecule has 3 rings (SSSR count). The molecule has 0 saturated heterocycles. The maximum absolute atomic E-state index is 13.2. The van der Waals surface area contributed by atoms with Crippen LogP contribution in [0.15, 0.2) is 59.6 Å². The normalized spacial score (nSPS) is 11.1. The molecule has 0 fully saturated rings. The van der Waals surface area contributed by atoms with Gasteiger partial charge < -0.3 is 0 Å². The highest BCUT2D eigenvalue weighted by molar-refractivity contribution is 9.10. The first kappa shape index (κ1) is 16.0. The molecule has 0 spiro atoms. The molecule has 2 aromatic carbocycles. The van der Waals surface area contributed by atoms with Crippen LogP contribution in [-0.4, -0.2) is 24.3 Å². The Kier molecular flexibility index (Phi) is 4.97. The molecule has 3 nitrogen and oxygen atoms in total. The standard InChI is InChI=1S/C16H12BrF2N3Si/c17-16-20-9-21-22(16)10-23-15(11-1-5-13(18)6-2-11)12-3-7-14(19)8-4-12/h1-9,15H,10H2. The fraction of sp³-hybridized carbons (Fsp3) is 0.125. The van der Waals surface area contributed by atoms with Crippen LogP contribution in [0.1, 0.15) is 16.7 Å². The quantitative estimate of drug-likeness (QED) is 0.619. The van der Waals surface area contributed by atoms with Gasteiger partial charge in [0, 0.05) is 11.7 Å². The lowest BCUT2D eigenvalue weighted by Crippen LogP contribution is -2.17. The first-order valence-electron chi connectivity index (χ1n) is 6.91. The monoisotopic (exact) mass is 391 g/mol. The molecular formula is C16H12BrF2N3Si. The van der Waals surface area contributed by atoms with Gasteiger partial charge >= 0.3 is 0 Å². The molecule has 0 atom stereocenters. The van der Waals surface area contributed by atoms with Crippen LogP contribution in [0.3, 0.4) is 0 Å². The minimum atomic E-state index is -0.269. The predicted molar refractivity (Wildman–Crippen MR) is 88.1 cm³/mol. The lowest BCUT2D eigenvalue weighted by molar-refractivity contribution is 0.626. The van der Waals surface area contributed by atoms with Crippen LogP contribution >= 0.6 is 15.9 Å². The Bertz CT molecular complexity index is 729. The van der Waals surface area contributed by atoms with Crippen molar-refractivity contribution in [2.24, 2.45) is 0 Å². The number of hydrogen-bond acceptors (Lipinski definition) is 2. The van der Waals surface area contributed by atoms with E-state index in [4.69, 9.17) is 0 Å². The van der Waals surface area contributed by atoms with Crippen LogP contribution < -0.4 is 0 Å². The lowest BCUT2D eigenvalue weighted by Gasteiger charge is -2.17. The van der Waals surface area contributed by atoms with Gasteiger partial charge in [-0.15, -0.1) is 0 Å². The molecule has 1 aromatic heterocycles. The highest BCUT2D eigenvalue weighted by atomic mass is 79.9. The van der Waals surface area contributed by atoms with E-state index in [1.165, 1.54) is 30.6 Å². The van der Waals surface area contributed by atoms with E-state index in [0.29, 0.717) is 20.4 Å². The summed E-state index contributed by atoms with van der Waals surface area (Å²) in [4.78, 5) is 4.04. The average Bonchev–Trinajstić information content (AvgIpc) is 2.96. The predicted octanol–water partition coefficient (Wildman–Crippen LogP) is 3.77. The van der Waals surface area contributed by atoms with Gasteiger partial charge in [-0.05, 0) is 51.3 Å². The van der Waals surface area contributed by atoms with Gasteiger partial charge in [-0.25, -0.2) is 18.4 Å². The molecular weight excluding hydrogens is 380 g/mol.